The molecular weight excluding hydrogens is 1560 g/mol. The van der Waals surface area contributed by atoms with E-state index in [0.717, 1.165) is 55.6 Å². The van der Waals surface area contributed by atoms with E-state index in [0.29, 0.717) is 0 Å². The predicted octanol–water partition coefficient (Wildman–Crippen LogP) is 21.3. The third-order valence-corrected chi connectivity index (χ3v) is 26.6. The van der Waals surface area contributed by atoms with Crippen LogP contribution in [0.1, 0.15) is 112 Å². The van der Waals surface area contributed by atoms with Crippen molar-refractivity contribution in [3.05, 3.63) is 429 Å². The van der Waals surface area contributed by atoms with Crippen LogP contribution in [0.25, 0.3) is 135 Å². The van der Waals surface area contributed by atoms with Gasteiger partial charge in [0.05, 0.1) is 29.7 Å². The van der Waals surface area contributed by atoms with Crippen molar-refractivity contribution in [2.45, 2.75) is 93.9 Å². The number of aromatic nitrogens is 12. The summed E-state index contributed by atoms with van der Waals surface area (Å²) in [6.45, 7) is 17.3. The van der Waals surface area contributed by atoms with Crippen LogP contribution < -0.4 is 27.4 Å². The van der Waals surface area contributed by atoms with E-state index in [1.807, 2.05) is 55.6 Å². The van der Waals surface area contributed by atoms with Crippen molar-refractivity contribution in [2.75, 3.05) is 0 Å². The predicted molar refractivity (Wildman–Crippen MR) is 512 cm³/mol. The molecule has 128 heavy (non-hydrogen) atoms. The van der Waals surface area contributed by atoms with E-state index >= 15 is 0 Å². The molecular formula is C116H106N12+6. The summed E-state index contributed by atoms with van der Waals surface area (Å²) in [7, 11) is 12.7. The van der Waals surface area contributed by atoms with Gasteiger partial charge in [0.15, 0.2) is 36.7 Å². The molecule has 12 heteroatoms. The minimum atomic E-state index is 0.920. The second-order valence-electron chi connectivity index (χ2n) is 35.0. The summed E-state index contributed by atoms with van der Waals surface area (Å²) in [5, 5.41) is 0. The van der Waals surface area contributed by atoms with E-state index in [2.05, 4.69) is 407 Å². The second kappa shape index (κ2) is 34.9. The van der Waals surface area contributed by atoms with Gasteiger partial charge in [-0.1, -0.05) is 151 Å². The molecule has 6 aliphatic carbocycles. The lowest BCUT2D eigenvalue weighted by Gasteiger charge is -2.10. The quantitative estimate of drug-likeness (QED) is 0.154. The molecule has 0 bridgehead atoms. The zero-order chi connectivity index (χ0) is 88.1. The van der Waals surface area contributed by atoms with Gasteiger partial charge in [0.1, 0.15) is 40.9 Å². The van der Waals surface area contributed by atoms with Crippen LogP contribution in [0.4, 0.5) is 0 Å². The van der Waals surface area contributed by atoms with Crippen molar-refractivity contribution < 1.29 is 27.4 Å². The molecule has 6 aliphatic rings. The van der Waals surface area contributed by atoms with Crippen LogP contribution in [0.2, 0.25) is 0 Å². The summed E-state index contributed by atoms with van der Waals surface area (Å²) in [5.41, 5.74) is 57.5. The van der Waals surface area contributed by atoms with Crippen LogP contribution in [0, 0.1) is 55.4 Å². The molecule has 0 amide bonds. The summed E-state index contributed by atoms with van der Waals surface area (Å²) in [6.07, 6.45) is 30.0. The van der Waals surface area contributed by atoms with E-state index in [9.17, 15) is 0 Å². The fraction of sp³-hybridized carbons (Fsp3) is 0.172. The second-order valence-corrected chi connectivity index (χ2v) is 35.0. The van der Waals surface area contributed by atoms with Gasteiger partial charge in [-0.25, -0.2) is 27.4 Å². The van der Waals surface area contributed by atoms with Crippen LogP contribution in [-0.4, -0.2) is 29.9 Å². The van der Waals surface area contributed by atoms with Gasteiger partial charge in [-0.3, -0.25) is 24.9 Å². The Kier molecular flexibility index (Phi) is 22.6. The summed E-state index contributed by atoms with van der Waals surface area (Å²) in [6, 6.07) is 86.3. The number of rotatable bonds is 6. The number of pyridine rings is 10. The molecule has 7 aromatic carbocycles. The first-order valence-corrected chi connectivity index (χ1v) is 44.4. The first-order valence-electron chi connectivity index (χ1n) is 44.4. The van der Waals surface area contributed by atoms with Crippen molar-refractivity contribution in [3.63, 3.8) is 0 Å². The van der Waals surface area contributed by atoms with Gasteiger partial charge in [0.25, 0.3) is 6.33 Å². The Bertz CT molecular complexity index is 6880. The molecule has 11 heterocycles. The number of nitrogens with zero attached hydrogens (tertiary/aromatic N) is 12. The van der Waals surface area contributed by atoms with Crippen molar-refractivity contribution in [2.24, 2.45) is 42.3 Å². The Morgan fingerprint density at radius 2 is 0.609 bits per heavy atom. The van der Waals surface area contributed by atoms with Gasteiger partial charge in [0, 0.05) is 201 Å². The summed E-state index contributed by atoms with van der Waals surface area (Å²) < 4.78 is 13.3. The molecule has 0 saturated heterocycles. The molecule has 0 unspecified atom stereocenters. The molecule has 0 atom stereocenters. The van der Waals surface area contributed by atoms with Crippen LogP contribution in [0.15, 0.2) is 317 Å². The molecule has 18 aromatic rings. The van der Waals surface area contributed by atoms with Crippen molar-refractivity contribution in [1.29, 1.82) is 0 Å². The van der Waals surface area contributed by atoms with Gasteiger partial charge in [-0.2, -0.15) is 0 Å². The van der Waals surface area contributed by atoms with Crippen LogP contribution in [0.3, 0.4) is 0 Å². The van der Waals surface area contributed by atoms with Gasteiger partial charge in [0.2, 0.25) is 28.5 Å². The summed E-state index contributed by atoms with van der Waals surface area (Å²) >= 11 is 0. The van der Waals surface area contributed by atoms with E-state index in [1.54, 1.807) is 0 Å². The number of hydrogen-bond donors (Lipinski definition) is 0. The lowest BCUT2D eigenvalue weighted by atomic mass is 9.98. The van der Waals surface area contributed by atoms with Crippen molar-refractivity contribution >= 4 is 0 Å². The highest BCUT2D eigenvalue weighted by molar-refractivity contribution is 5.87. The van der Waals surface area contributed by atoms with Gasteiger partial charge >= 0.3 is 0 Å². The normalized spacial score (nSPS) is 12.1. The molecule has 0 radical (unpaired) electrons. The van der Waals surface area contributed by atoms with Gasteiger partial charge < -0.3 is 0 Å². The maximum absolute atomic E-state index is 4.75. The molecule has 11 aromatic heterocycles. The molecule has 0 N–H and O–H groups in total. The van der Waals surface area contributed by atoms with Gasteiger partial charge in [-0.05, 0) is 211 Å². The third kappa shape index (κ3) is 15.5. The van der Waals surface area contributed by atoms with Crippen molar-refractivity contribution in [1.82, 2.24) is 29.9 Å². The number of hydrogen-bond acceptors (Lipinski definition) is 6. The molecule has 0 aliphatic heterocycles. The average molecular weight is 1670 g/mol. The first kappa shape index (κ1) is 82.7. The molecule has 0 fully saturated rings. The summed E-state index contributed by atoms with van der Waals surface area (Å²) in [5.74, 6) is 0. The SMILES string of the molecule is Cc1ccc(C)c(-c2c3c(nc[n+]2C)-c2ccccc2C3)c1.Cc1ccc2c(n1)Cc1c-2cc[n+](C)c1-c1ccccc1C.Cc1ccccc1-c1c2c(cc[n+]1C)-c1cccnc1C2.Cc1ccccc1-c1c2c(cc[n+]1C)-c1ccncc1C2.Cc1ccccc1-c1c2c(cc[n+]1C)-c1cnccc1C2.Cc1ccccc1-c1c2c(cc[n+]1C)-c1ncccc1C2. The Morgan fingerprint density at radius 1 is 0.227 bits per heavy atom. The highest BCUT2D eigenvalue weighted by atomic mass is 15.0. The lowest BCUT2D eigenvalue weighted by Crippen LogP contribution is -2.33. The topological polar surface area (TPSA) is 101 Å². The number of aryl methyl sites for hydroxylation is 14. The van der Waals surface area contributed by atoms with Crippen molar-refractivity contribution in [3.8, 4) is 135 Å². The average Bonchev–Trinajstić information content (AvgIpc) is 1.62. The minimum absolute atomic E-state index is 0.920. The summed E-state index contributed by atoms with van der Waals surface area (Å²) in [4.78, 5) is 27.1. The van der Waals surface area contributed by atoms with E-state index in [1.165, 1.54) is 229 Å². The highest BCUT2D eigenvalue weighted by Crippen LogP contribution is 2.47. The number of fused-ring (bicyclic) bond motifs is 18. The maximum atomic E-state index is 4.75. The molecule has 624 valence electrons. The Balaban J connectivity index is 0.0000000999. The zero-order valence-electron chi connectivity index (χ0n) is 75.6. The Hall–Kier alpha value is -14.9. The first-order chi connectivity index (χ1) is 62.3. The molecule has 0 saturated carbocycles. The largest absolute Gasteiger partial charge is 0.287 e. The van der Waals surface area contributed by atoms with Gasteiger partial charge in [-0.15, -0.1) is 0 Å². The molecule has 12 nitrogen and oxygen atoms in total. The Morgan fingerprint density at radius 3 is 1.16 bits per heavy atom. The van der Waals surface area contributed by atoms with E-state index < -0.39 is 0 Å². The minimum Gasteiger partial charge on any atom is -0.264 e. The fourth-order valence-electron chi connectivity index (χ4n) is 20.2. The molecule has 0 spiro atoms. The van der Waals surface area contributed by atoms with E-state index in [-0.39, 0.29) is 0 Å². The fourth-order valence-corrected chi connectivity index (χ4v) is 20.2. The smallest absolute Gasteiger partial charge is 0.264 e. The third-order valence-electron chi connectivity index (χ3n) is 26.6. The van der Waals surface area contributed by atoms with Crippen LogP contribution in [0.5, 0.6) is 0 Å². The lowest BCUT2D eigenvalue weighted by molar-refractivity contribution is -0.663. The van der Waals surface area contributed by atoms with E-state index in [4.69, 9.17) is 9.97 Å². The standard InChI is InChI=1S/2C20H19N2.4C19H17N2/c1-13-8-9-14(2)17(10-13)20-18-11-15-6-4-5-7-16(15)19(18)21-12-22(20)3;1-13-6-4-5-7-15(13)20-18-12-19-17(9-8-14(2)21-19)16(18)10-11-22(20)3;1-13-6-3-4-8-15(13)19-17-12-14-7-5-10-20-18(14)16(17)9-11-21(19)2;1-13-6-3-4-7-14(13)19-17-12-18-16(8-5-10-20-18)15(17)9-11-21(19)2;1-13-5-3-4-6-15(13)19-18-11-14-12-20-9-7-16(14)17(18)8-10-21(19)2;1-13-5-3-4-6-15(13)19-17-11-14-7-9-20-12-18(14)16(17)8-10-21(19)2/h4-10,12H,11H2,1-3H3;4-11H,12H2,1-3H3;2*3-11H,12H2,1-2H3;2*3-10,12H,11H2,1-2H3/q6*+1. The molecule has 24 rings (SSSR count). The van der Waals surface area contributed by atoms with Crippen LogP contribution in [-0.2, 0) is 80.8 Å². The Labute approximate surface area is 752 Å². The number of benzene rings is 7. The van der Waals surface area contributed by atoms with Crippen LogP contribution >= 0.6 is 0 Å². The maximum Gasteiger partial charge on any atom is 0.287 e. The monoisotopic (exact) mass is 1670 g/mol. The zero-order valence-corrected chi connectivity index (χ0v) is 75.6. The highest BCUT2D eigenvalue weighted by Gasteiger charge is 2.36.